The van der Waals surface area contributed by atoms with Gasteiger partial charge >= 0.3 is 5.97 Å². The molecule has 0 spiro atoms. The summed E-state index contributed by atoms with van der Waals surface area (Å²) in [5.41, 5.74) is 0. The normalized spacial score (nSPS) is 17.5. The molecule has 0 saturated carbocycles. The maximum atomic E-state index is 11.1. The number of rotatable bonds is 10. The van der Waals surface area contributed by atoms with Crippen LogP contribution in [0.25, 0.3) is 0 Å². The highest BCUT2D eigenvalue weighted by atomic mass is 16.6. The van der Waals surface area contributed by atoms with E-state index in [0.717, 1.165) is 19.4 Å². The lowest BCUT2D eigenvalue weighted by Crippen LogP contribution is -2.03. The number of terminal acetylenes is 1. The summed E-state index contributed by atoms with van der Waals surface area (Å²) < 4.78 is 9.93. The van der Waals surface area contributed by atoms with Crippen LogP contribution >= 0.6 is 0 Å². The number of ether oxygens (including phenoxy) is 2. The van der Waals surface area contributed by atoms with Crippen molar-refractivity contribution >= 4 is 5.97 Å². The lowest BCUT2D eigenvalue weighted by Gasteiger charge is -2.02. The van der Waals surface area contributed by atoms with Crippen molar-refractivity contribution in [2.24, 2.45) is 0 Å². The highest BCUT2D eigenvalue weighted by Crippen LogP contribution is 2.18. The summed E-state index contributed by atoms with van der Waals surface area (Å²) in [6.07, 6.45) is 14.3. The van der Waals surface area contributed by atoms with Crippen molar-refractivity contribution in [3.63, 3.8) is 0 Å². The van der Waals surface area contributed by atoms with E-state index in [2.05, 4.69) is 5.92 Å². The molecule has 0 amide bonds. The Labute approximate surface area is 104 Å². The number of esters is 1. The smallest absolute Gasteiger partial charge is 0.306 e. The molecule has 1 fully saturated rings. The Morgan fingerprint density at radius 3 is 2.53 bits per heavy atom. The summed E-state index contributed by atoms with van der Waals surface area (Å²) in [6, 6.07) is 0. The van der Waals surface area contributed by atoms with Gasteiger partial charge in [0.25, 0.3) is 0 Å². The van der Waals surface area contributed by atoms with E-state index < -0.39 is 0 Å². The molecule has 3 heteroatoms. The van der Waals surface area contributed by atoms with Crippen LogP contribution in [0, 0.1) is 12.3 Å². The van der Waals surface area contributed by atoms with Gasteiger partial charge in [-0.1, -0.05) is 38.0 Å². The second-order valence-electron chi connectivity index (χ2n) is 4.48. The van der Waals surface area contributed by atoms with Crippen molar-refractivity contribution in [2.45, 2.75) is 57.5 Å². The third-order valence-electron chi connectivity index (χ3n) is 2.88. The predicted molar refractivity (Wildman–Crippen MR) is 66.5 cm³/mol. The molecule has 1 aliphatic heterocycles. The molecule has 1 aliphatic rings. The first-order valence-electron chi connectivity index (χ1n) is 6.53. The van der Waals surface area contributed by atoms with Crippen molar-refractivity contribution in [1.29, 1.82) is 0 Å². The van der Waals surface area contributed by atoms with E-state index in [1.165, 1.54) is 32.1 Å². The standard InChI is InChI=1S/C14H22O3/c1-2-11-16-14(15)10-8-6-4-3-5-7-9-13-12-17-13/h1,13H,3-12H2. The largest absolute Gasteiger partial charge is 0.452 e. The van der Waals surface area contributed by atoms with Gasteiger partial charge in [-0.25, -0.2) is 0 Å². The van der Waals surface area contributed by atoms with E-state index in [9.17, 15) is 4.79 Å². The lowest BCUT2D eigenvalue weighted by atomic mass is 10.1. The molecule has 1 saturated heterocycles. The highest BCUT2D eigenvalue weighted by Gasteiger charge is 2.20. The molecule has 1 heterocycles. The van der Waals surface area contributed by atoms with Crippen molar-refractivity contribution in [2.75, 3.05) is 13.2 Å². The van der Waals surface area contributed by atoms with Gasteiger partial charge in [0, 0.05) is 6.42 Å². The van der Waals surface area contributed by atoms with Gasteiger partial charge in [0.1, 0.15) is 0 Å². The average Bonchev–Trinajstić information content (AvgIpc) is 3.14. The van der Waals surface area contributed by atoms with Crippen molar-refractivity contribution in [3.05, 3.63) is 0 Å². The zero-order valence-corrected chi connectivity index (χ0v) is 10.5. The van der Waals surface area contributed by atoms with Gasteiger partial charge in [-0.15, -0.1) is 6.42 Å². The highest BCUT2D eigenvalue weighted by molar-refractivity contribution is 5.69. The number of carbonyl (C=O) groups excluding carboxylic acids is 1. The zero-order valence-electron chi connectivity index (χ0n) is 10.5. The van der Waals surface area contributed by atoms with Gasteiger partial charge in [0.05, 0.1) is 12.7 Å². The fourth-order valence-corrected chi connectivity index (χ4v) is 1.78. The Morgan fingerprint density at radius 2 is 1.88 bits per heavy atom. The molecule has 3 nitrogen and oxygen atoms in total. The Bertz CT molecular complexity index is 251. The minimum absolute atomic E-state index is 0.0993. The first-order valence-corrected chi connectivity index (χ1v) is 6.53. The molecule has 0 N–H and O–H groups in total. The Balaban J connectivity index is 1.74. The third-order valence-corrected chi connectivity index (χ3v) is 2.88. The minimum Gasteiger partial charge on any atom is -0.452 e. The summed E-state index contributed by atoms with van der Waals surface area (Å²) in [6.45, 7) is 1.07. The summed E-state index contributed by atoms with van der Waals surface area (Å²) >= 11 is 0. The molecule has 1 unspecified atom stereocenters. The van der Waals surface area contributed by atoms with Crippen molar-refractivity contribution < 1.29 is 14.3 Å². The lowest BCUT2D eigenvalue weighted by molar-refractivity contribution is -0.142. The summed E-state index contributed by atoms with van der Waals surface area (Å²) in [4.78, 5) is 11.1. The van der Waals surface area contributed by atoms with Gasteiger partial charge < -0.3 is 9.47 Å². The molecular weight excluding hydrogens is 216 g/mol. The van der Waals surface area contributed by atoms with E-state index in [1.807, 2.05) is 0 Å². The van der Waals surface area contributed by atoms with Crippen molar-refractivity contribution in [3.8, 4) is 12.3 Å². The van der Waals surface area contributed by atoms with Crippen LogP contribution in [0.2, 0.25) is 0 Å². The molecular formula is C14H22O3. The second kappa shape index (κ2) is 9.07. The van der Waals surface area contributed by atoms with Crippen LogP contribution in [0.4, 0.5) is 0 Å². The fourth-order valence-electron chi connectivity index (χ4n) is 1.78. The molecule has 0 aliphatic carbocycles. The molecule has 0 aromatic carbocycles. The summed E-state index contributed by atoms with van der Waals surface area (Å²) in [5, 5.41) is 0. The molecule has 17 heavy (non-hydrogen) atoms. The predicted octanol–water partition coefficient (Wildman–Crippen LogP) is 2.68. The van der Waals surface area contributed by atoms with Crippen LogP contribution in [-0.2, 0) is 14.3 Å². The Hall–Kier alpha value is -1.01. The molecule has 0 aromatic rings. The number of hydrogen-bond donors (Lipinski definition) is 0. The maximum Gasteiger partial charge on any atom is 0.306 e. The fraction of sp³-hybridized carbons (Fsp3) is 0.786. The van der Waals surface area contributed by atoms with E-state index in [-0.39, 0.29) is 12.6 Å². The molecule has 0 radical (unpaired) electrons. The molecule has 0 aromatic heterocycles. The second-order valence-corrected chi connectivity index (χ2v) is 4.48. The summed E-state index contributed by atoms with van der Waals surface area (Å²) in [5.74, 6) is 2.11. The van der Waals surface area contributed by atoms with E-state index in [0.29, 0.717) is 12.5 Å². The monoisotopic (exact) mass is 238 g/mol. The number of carbonyl (C=O) groups is 1. The van der Waals surface area contributed by atoms with Crippen LogP contribution in [-0.4, -0.2) is 25.3 Å². The van der Waals surface area contributed by atoms with Crippen LogP contribution in [0.15, 0.2) is 0 Å². The minimum atomic E-state index is -0.172. The number of unbranched alkanes of at least 4 members (excludes halogenated alkanes) is 5. The average molecular weight is 238 g/mol. The topological polar surface area (TPSA) is 38.8 Å². The van der Waals surface area contributed by atoms with Crippen LogP contribution < -0.4 is 0 Å². The van der Waals surface area contributed by atoms with Gasteiger partial charge in [-0.05, 0) is 12.8 Å². The first-order chi connectivity index (χ1) is 8.33. The van der Waals surface area contributed by atoms with Crippen molar-refractivity contribution in [1.82, 2.24) is 0 Å². The number of hydrogen-bond acceptors (Lipinski definition) is 3. The zero-order chi connectivity index (χ0) is 12.3. The Morgan fingerprint density at radius 1 is 1.24 bits per heavy atom. The first kappa shape index (κ1) is 14.1. The van der Waals surface area contributed by atoms with Crippen LogP contribution in [0.5, 0.6) is 0 Å². The third kappa shape index (κ3) is 8.76. The van der Waals surface area contributed by atoms with E-state index in [1.54, 1.807) is 0 Å². The van der Waals surface area contributed by atoms with Crippen LogP contribution in [0.3, 0.4) is 0 Å². The van der Waals surface area contributed by atoms with Gasteiger partial charge in [-0.2, -0.15) is 0 Å². The Kier molecular flexibility index (Phi) is 7.49. The molecule has 1 rings (SSSR count). The van der Waals surface area contributed by atoms with Crippen LogP contribution in [0.1, 0.15) is 51.4 Å². The summed E-state index contributed by atoms with van der Waals surface area (Å²) in [7, 11) is 0. The quantitative estimate of drug-likeness (QED) is 0.254. The molecule has 1 atom stereocenters. The molecule has 0 bridgehead atoms. The van der Waals surface area contributed by atoms with E-state index >= 15 is 0 Å². The molecule has 96 valence electrons. The number of epoxide rings is 1. The maximum absolute atomic E-state index is 11.1. The SMILES string of the molecule is C#CCOC(=O)CCCCCCCCC1CO1. The van der Waals surface area contributed by atoms with Gasteiger partial charge in [0.2, 0.25) is 0 Å². The van der Waals surface area contributed by atoms with Gasteiger partial charge in [-0.3, -0.25) is 4.79 Å². The van der Waals surface area contributed by atoms with Gasteiger partial charge in [0.15, 0.2) is 6.61 Å². The van der Waals surface area contributed by atoms with E-state index in [4.69, 9.17) is 15.9 Å².